The van der Waals surface area contributed by atoms with Gasteiger partial charge < -0.3 is 14.7 Å². The van der Waals surface area contributed by atoms with E-state index < -0.39 is 0 Å². The van der Waals surface area contributed by atoms with Crippen molar-refractivity contribution in [1.29, 1.82) is 0 Å². The third kappa shape index (κ3) is 3.04. The van der Waals surface area contributed by atoms with Gasteiger partial charge in [-0.1, -0.05) is 11.2 Å². The molecule has 0 radical (unpaired) electrons. The topological polar surface area (TPSA) is 71.3 Å². The van der Waals surface area contributed by atoms with E-state index >= 15 is 0 Å². The number of nitrogens with zero attached hydrogens (tertiary/aromatic N) is 3. The first-order valence-corrected chi connectivity index (χ1v) is 7.01. The minimum Gasteiger partial charge on any atom is -0.362 e. The summed E-state index contributed by atoms with van der Waals surface area (Å²) < 4.78 is 5.19. The molecule has 0 bridgehead atoms. The molecule has 3 rings (SSSR count). The van der Waals surface area contributed by atoms with Crippen LogP contribution in [0.5, 0.6) is 0 Å². The van der Waals surface area contributed by atoms with Gasteiger partial charge >= 0.3 is 0 Å². The summed E-state index contributed by atoms with van der Waals surface area (Å²) in [6.45, 7) is 0.409. The molecule has 1 N–H and O–H groups in total. The highest BCUT2D eigenvalue weighted by molar-refractivity contribution is 5.92. The molecule has 6 heteroatoms. The molecule has 1 aliphatic carbocycles. The number of amides is 1. The summed E-state index contributed by atoms with van der Waals surface area (Å²) in [4.78, 5) is 18.3. The van der Waals surface area contributed by atoms with Crippen molar-refractivity contribution >= 4 is 11.7 Å². The zero-order chi connectivity index (χ0) is 14.8. The lowest BCUT2D eigenvalue weighted by Crippen LogP contribution is -2.24. The molecule has 1 saturated carbocycles. The number of nitrogens with one attached hydrogen (secondary N) is 1. The molecule has 0 aromatic carbocycles. The fourth-order valence-electron chi connectivity index (χ4n) is 2.19. The second-order valence-electron chi connectivity index (χ2n) is 5.45. The zero-order valence-electron chi connectivity index (χ0n) is 12.2. The molecule has 0 unspecified atom stereocenters. The SMILES string of the molecule is CN(C)c1ncccc1CNC(=O)c1cc(C2CC2)on1. The number of rotatable bonds is 5. The summed E-state index contributed by atoms with van der Waals surface area (Å²) in [6, 6.07) is 5.54. The second-order valence-corrected chi connectivity index (χ2v) is 5.45. The first-order valence-electron chi connectivity index (χ1n) is 7.01. The number of pyridine rings is 1. The van der Waals surface area contributed by atoms with Crippen molar-refractivity contribution in [3.05, 3.63) is 41.4 Å². The van der Waals surface area contributed by atoms with Gasteiger partial charge in [0.15, 0.2) is 5.69 Å². The Kier molecular flexibility index (Phi) is 3.60. The molecular weight excluding hydrogens is 268 g/mol. The lowest BCUT2D eigenvalue weighted by molar-refractivity contribution is 0.0942. The lowest BCUT2D eigenvalue weighted by atomic mass is 10.2. The number of hydrogen-bond donors (Lipinski definition) is 1. The van der Waals surface area contributed by atoms with Crippen molar-refractivity contribution < 1.29 is 9.32 Å². The predicted octanol–water partition coefficient (Wildman–Crippen LogP) is 1.94. The largest absolute Gasteiger partial charge is 0.362 e. The summed E-state index contributed by atoms with van der Waals surface area (Å²) in [7, 11) is 3.85. The van der Waals surface area contributed by atoms with Gasteiger partial charge in [-0.25, -0.2) is 4.98 Å². The number of carbonyl (C=O) groups excluding carboxylic acids is 1. The van der Waals surface area contributed by atoms with Crippen LogP contribution in [-0.4, -0.2) is 30.1 Å². The molecule has 1 fully saturated rings. The fraction of sp³-hybridized carbons (Fsp3) is 0.400. The molecule has 2 aromatic heterocycles. The van der Waals surface area contributed by atoms with E-state index in [-0.39, 0.29) is 5.91 Å². The zero-order valence-corrected chi connectivity index (χ0v) is 12.2. The van der Waals surface area contributed by atoms with Gasteiger partial charge in [0.2, 0.25) is 0 Å². The third-order valence-electron chi connectivity index (χ3n) is 3.47. The molecule has 0 aliphatic heterocycles. The monoisotopic (exact) mass is 286 g/mol. The fourth-order valence-corrected chi connectivity index (χ4v) is 2.19. The number of anilines is 1. The summed E-state index contributed by atoms with van der Waals surface area (Å²) >= 11 is 0. The molecule has 2 aromatic rings. The Hall–Kier alpha value is -2.37. The van der Waals surface area contributed by atoms with E-state index in [1.54, 1.807) is 12.3 Å². The molecule has 0 saturated heterocycles. The Morgan fingerprint density at radius 2 is 2.29 bits per heavy atom. The number of hydrogen-bond acceptors (Lipinski definition) is 5. The van der Waals surface area contributed by atoms with Crippen molar-refractivity contribution in [3.8, 4) is 0 Å². The van der Waals surface area contributed by atoms with Crippen LogP contribution in [0.4, 0.5) is 5.82 Å². The predicted molar refractivity (Wildman–Crippen MR) is 78.2 cm³/mol. The summed E-state index contributed by atoms with van der Waals surface area (Å²) in [5.41, 5.74) is 1.30. The number of carbonyl (C=O) groups is 1. The van der Waals surface area contributed by atoms with E-state index in [2.05, 4.69) is 15.5 Å². The van der Waals surface area contributed by atoms with Gasteiger partial charge in [-0.15, -0.1) is 0 Å². The average molecular weight is 286 g/mol. The quantitative estimate of drug-likeness (QED) is 0.909. The molecule has 6 nitrogen and oxygen atoms in total. The smallest absolute Gasteiger partial charge is 0.273 e. The molecule has 1 aliphatic rings. The van der Waals surface area contributed by atoms with Gasteiger partial charge in [0.25, 0.3) is 5.91 Å². The van der Waals surface area contributed by atoms with Crippen LogP contribution in [0.15, 0.2) is 28.9 Å². The molecule has 1 amide bonds. The Morgan fingerprint density at radius 1 is 1.48 bits per heavy atom. The summed E-state index contributed by atoms with van der Waals surface area (Å²) in [5.74, 6) is 1.89. The van der Waals surface area contributed by atoms with Gasteiger partial charge in [-0.2, -0.15) is 0 Å². The summed E-state index contributed by atoms with van der Waals surface area (Å²) in [5, 5.41) is 6.69. The maximum Gasteiger partial charge on any atom is 0.273 e. The van der Waals surface area contributed by atoms with Gasteiger partial charge in [-0.3, -0.25) is 4.79 Å². The molecule has 0 atom stereocenters. The van der Waals surface area contributed by atoms with Crippen LogP contribution in [0, 0.1) is 0 Å². The van der Waals surface area contributed by atoms with Crippen molar-refractivity contribution in [1.82, 2.24) is 15.5 Å². The first kappa shape index (κ1) is 13.6. The summed E-state index contributed by atoms with van der Waals surface area (Å²) in [6.07, 6.45) is 3.98. The van der Waals surface area contributed by atoms with E-state index in [1.807, 2.05) is 31.1 Å². The van der Waals surface area contributed by atoms with Crippen molar-refractivity contribution in [2.75, 3.05) is 19.0 Å². The third-order valence-corrected chi connectivity index (χ3v) is 3.47. The van der Waals surface area contributed by atoms with E-state index in [0.717, 1.165) is 30.0 Å². The average Bonchev–Trinajstić information content (AvgIpc) is 3.22. The second kappa shape index (κ2) is 5.55. The van der Waals surface area contributed by atoms with Crippen molar-refractivity contribution in [2.45, 2.75) is 25.3 Å². The van der Waals surface area contributed by atoms with Gasteiger partial charge in [0, 0.05) is 44.4 Å². The Morgan fingerprint density at radius 3 is 3.00 bits per heavy atom. The van der Waals surface area contributed by atoms with Crippen LogP contribution in [0.1, 0.15) is 40.6 Å². The van der Waals surface area contributed by atoms with Crippen LogP contribution in [0.25, 0.3) is 0 Å². The molecule has 0 spiro atoms. The van der Waals surface area contributed by atoms with Crippen LogP contribution < -0.4 is 10.2 Å². The minimum absolute atomic E-state index is 0.223. The van der Waals surface area contributed by atoms with E-state index in [4.69, 9.17) is 4.52 Å². The van der Waals surface area contributed by atoms with Crippen molar-refractivity contribution in [3.63, 3.8) is 0 Å². The highest BCUT2D eigenvalue weighted by Crippen LogP contribution is 2.40. The minimum atomic E-state index is -0.223. The van der Waals surface area contributed by atoms with Crippen LogP contribution in [-0.2, 0) is 6.54 Å². The van der Waals surface area contributed by atoms with Crippen LogP contribution in [0.3, 0.4) is 0 Å². The first-order chi connectivity index (χ1) is 10.1. The lowest BCUT2D eigenvalue weighted by Gasteiger charge is -2.15. The molecule has 21 heavy (non-hydrogen) atoms. The normalized spacial score (nSPS) is 14.0. The van der Waals surface area contributed by atoms with E-state index in [9.17, 15) is 4.79 Å². The van der Waals surface area contributed by atoms with Crippen molar-refractivity contribution in [2.24, 2.45) is 0 Å². The highest BCUT2D eigenvalue weighted by Gasteiger charge is 2.28. The van der Waals surface area contributed by atoms with E-state index in [0.29, 0.717) is 18.2 Å². The Labute approximate surface area is 123 Å². The maximum atomic E-state index is 12.1. The van der Waals surface area contributed by atoms with Gasteiger partial charge in [0.05, 0.1) is 0 Å². The van der Waals surface area contributed by atoms with E-state index in [1.165, 1.54) is 0 Å². The number of aromatic nitrogens is 2. The van der Waals surface area contributed by atoms with Gasteiger partial charge in [0.1, 0.15) is 11.6 Å². The molecule has 110 valence electrons. The van der Waals surface area contributed by atoms with Gasteiger partial charge in [-0.05, 0) is 18.9 Å². The maximum absolute atomic E-state index is 12.1. The standard InChI is InChI=1S/C15H18N4O2/c1-19(2)14-11(4-3-7-16-14)9-17-15(20)12-8-13(21-18-12)10-5-6-10/h3-4,7-8,10H,5-6,9H2,1-2H3,(H,17,20). The molecule has 2 heterocycles. The highest BCUT2D eigenvalue weighted by atomic mass is 16.5. The Bertz CT molecular complexity index is 647. The molecular formula is C15H18N4O2. The van der Waals surface area contributed by atoms with Crippen LogP contribution >= 0.6 is 0 Å². The van der Waals surface area contributed by atoms with Crippen LogP contribution in [0.2, 0.25) is 0 Å². The Balaban J connectivity index is 1.65.